The van der Waals surface area contributed by atoms with E-state index in [1.54, 1.807) is 0 Å². The number of rotatable bonds is 4. The molecule has 0 aromatic heterocycles. The molecule has 0 amide bonds. The van der Waals surface area contributed by atoms with Crippen molar-refractivity contribution in [2.45, 2.75) is 31.9 Å². The Morgan fingerprint density at radius 3 is 2.62 bits per heavy atom. The largest absolute Gasteiger partial charge is 0.376 e. The van der Waals surface area contributed by atoms with Gasteiger partial charge in [-0.2, -0.15) is 0 Å². The van der Waals surface area contributed by atoms with Gasteiger partial charge in [-0.05, 0) is 27.3 Å². The lowest BCUT2D eigenvalue weighted by atomic mass is 10.0. The highest BCUT2D eigenvalue weighted by Crippen LogP contribution is 2.25. The molecule has 78 valence electrons. The van der Waals surface area contributed by atoms with Crippen LogP contribution >= 0.6 is 0 Å². The lowest BCUT2D eigenvalue weighted by molar-refractivity contribution is -0.00138. The fourth-order valence-electron chi connectivity index (χ4n) is 2.02. The Morgan fingerprint density at radius 1 is 1.54 bits per heavy atom. The van der Waals surface area contributed by atoms with Gasteiger partial charge < -0.3 is 10.1 Å². The zero-order valence-electron chi connectivity index (χ0n) is 9.26. The van der Waals surface area contributed by atoms with E-state index in [-0.39, 0.29) is 5.60 Å². The average Bonchev–Trinajstić information content (AvgIpc) is 2.51. The first-order valence-electron chi connectivity index (χ1n) is 5.07. The van der Waals surface area contributed by atoms with Crippen molar-refractivity contribution in [1.82, 2.24) is 10.2 Å². The van der Waals surface area contributed by atoms with Crippen molar-refractivity contribution in [3.05, 3.63) is 0 Å². The van der Waals surface area contributed by atoms with Crippen molar-refractivity contribution in [1.29, 1.82) is 0 Å². The maximum Gasteiger partial charge on any atom is 0.0940 e. The van der Waals surface area contributed by atoms with Crippen LogP contribution in [-0.2, 0) is 4.74 Å². The van der Waals surface area contributed by atoms with Crippen molar-refractivity contribution in [2.75, 3.05) is 33.8 Å². The van der Waals surface area contributed by atoms with Gasteiger partial charge in [0.25, 0.3) is 0 Å². The van der Waals surface area contributed by atoms with Gasteiger partial charge in [-0.1, -0.05) is 0 Å². The smallest absolute Gasteiger partial charge is 0.0940 e. The molecule has 1 unspecified atom stereocenters. The van der Waals surface area contributed by atoms with Crippen molar-refractivity contribution in [2.24, 2.45) is 0 Å². The number of hydrogen-bond donors (Lipinski definition) is 1. The van der Waals surface area contributed by atoms with Gasteiger partial charge in [-0.3, -0.25) is 4.90 Å². The molecule has 3 heteroatoms. The number of nitrogens with one attached hydrogen (secondary N) is 1. The van der Waals surface area contributed by atoms with Gasteiger partial charge in [0.1, 0.15) is 0 Å². The Kier molecular flexibility index (Phi) is 3.71. The Labute approximate surface area is 81.4 Å². The summed E-state index contributed by atoms with van der Waals surface area (Å²) in [7, 11) is 3.81. The van der Waals surface area contributed by atoms with Gasteiger partial charge in [-0.15, -0.1) is 0 Å². The summed E-state index contributed by atoms with van der Waals surface area (Å²) in [5, 5.41) is 3.21. The fraction of sp³-hybridized carbons (Fsp3) is 1.00. The highest BCUT2D eigenvalue weighted by atomic mass is 16.5. The number of likely N-dealkylation sites (tertiary alicyclic amines) is 1. The molecule has 0 aromatic carbocycles. The molecule has 0 bridgehead atoms. The molecule has 0 spiro atoms. The standard InChI is InChI=1S/C10H22N2O/c1-9(2)12-6-5-10(8-12,13-4)7-11-3/h9,11H,5-8H2,1-4H3. The van der Waals surface area contributed by atoms with E-state index in [1.807, 2.05) is 14.2 Å². The highest BCUT2D eigenvalue weighted by molar-refractivity contribution is 4.94. The minimum atomic E-state index is 0.0546. The lowest BCUT2D eigenvalue weighted by Crippen LogP contribution is -2.44. The maximum absolute atomic E-state index is 5.62. The zero-order chi connectivity index (χ0) is 9.90. The van der Waals surface area contributed by atoms with Gasteiger partial charge in [0.05, 0.1) is 5.60 Å². The van der Waals surface area contributed by atoms with Crippen LogP contribution in [-0.4, -0.2) is 50.3 Å². The number of likely N-dealkylation sites (N-methyl/N-ethyl adjacent to an activating group) is 1. The highest BCUT2D eigenvalue weighted by Gasteiger charge is 2.38. The summed E-state index contributed by atoms with van der Waals surface area (Å²) in [6, 6.07) is 0.633. The normalized spacial score (nSPS) is 30.2. The minimum Gasteiger partial charge on any atom is -0.376 e. The molecule has 1 aliphatic rings. The van der Waals surface area contributed by atoms with Crippen molar-refractivity contribution < 1.29 is 4.74 Å². The van der Waals surface area contributed by atoms with Crippen molar-refractivity contribution >= 4 is 0 Å². The second kappa shape index (κ2) is 4.40. The average molecular weight is 186 g/mol. The van der Waals surface area contributed by atoms with Crippen molar-refractivity contribution in [3.63, 3.8) is 0 Å². The minimum absolute atomic E-state index is 0.0546. The molecule has 1 saturated heterocycles. The molecule has 1 rings (SSSR count). The molecule has 0 aromatic rings. The Hall–Kier alpha value is -0.120. The molecule has 0 aliphatic carbocycles. The second-order valence-electron chi connectivity index (χ2n) is 4.23. The van der Waals surface area contributed by atoms with Crippen LogP contribution in [0.5, 0.6) is 0 Å². The first-order valence-corrected chi connectivity index (χ1v) is 5.07. The zero-order valence-corrected chi connectivity index (χ0v) is 9.26. The van der Waals surface area contributed by atoms with E-state index < -0.39 is 0 Å². The molecular formula is C10H22N2O. The van der Waals surface area contributed by atoms with Gasteiger partial charge >= 0.3 is 0 Å². The van der Waals surface area contributed by atoms with Crippen molar-refractivity contribution in [3.8, 4) is 0 Å². The molecule has 0 saturated carbocycles. The van der Waals surface area contributed by atoms with E-state index in [2.05, 4.69) is 24.1 Å². The summed E-state index contributed by atoms with van der Waals surface area (Å²) in [6.07, 6.45) is 1.14. The second-order valence-corrected chi connectivity index (χ2v) is 4.23. The van der Waals surface area contributed by atoms with Gasteiger partial charge in [0.15, 0.2) is 0 Å². The van der Waals surface area contributed by atoms with Crippen LogP contribution in [0.2, 0.25) is 0 Å². The van der Waals surface area contributed by atoms with E-state index in [0.29, 0.717) is 6.04 Å². The SMILES string of the molecule is CNCC1(OC)CCN(C(C)C)C1. The third kappa shape index (κ3) is 2.42. The monoisotopic (exact) mass is 186 g/mol. The van der Waals surface area contributed by atoms with Gasteiger partial charge in [-0.25, -0.2) is 0 Å². The third-order valence-corrected chi connectivity index (χ3v) is 3.01. The van der Waals surface area contributed by atoms with Crippen LogP contribution in [0.4, 0.5) is 0 Å². The maximum atomic E-state index is 5.62. The number of nitrogens with zero attached hydrogens (tertiary/aromatic N) is 1. The Balaban J connectivity index is 2.52. The van der Waals surface area contributed by atoms with E-state index in [1.165, 1.54) is 0 Å². The summed E-state index contributed by atoms with van der Waals surface area (Å²) < 4.78 is 5.62. The molecule has 1 aliphatic heterocycles. The molecular weight excluding hydrogens is 164 g/mol. The van der Waals surface area contributed by atoms with Gasteiger partial charge in [0.2, 0.25) is 0 Å². The van der Waals surface area contributed by atoms with Crippen LogP contribution in [0.1, 0.15) is 20.3 Å². The van der Waals surface area contributed by atoms with E-state index >= 15 is 0 Å². The van der Waals surface area contributed by atoms with E-state index in [9.17, 15) is 0 Å². The summed E-state index contributed by atoms with van der Waals surface area (Å²) in [5.74, 6) is 0. The molecule has 0 radical (unpaired) electrons. The molecule has 1 fully saturated rings. The Bertz CT molecular complexity index is 161. The van der Waals surface area contributed by atoms with Crippen LogP contribution in [0.25, 0.3) is 0 Å². The van der Waals surface area contributed by atoms with Gasteiger partial charge in [0, 0.05) is 32.8 Å². The predicted octanol–water partition coefficient (Wildman–Crippen LogP) is 0.705. The summed E-state index contributed by atoms with van der Waals surface area (Å²) >= 11 is 0. The number of ether oxygens (including phenoxy) is 1. The molecule has 1 atom stereocenters. The number of methoxy groups -OCH3 is 1. The lowest BCUT2D eigenvalue weighted by Gasteiger charge is -2.29. The van der Waals surface area contributed by atoms with Crippen LogP contribution in [0.3, 0.4) is 0 Å². The van der Waals surface area contributed by atoms with Crippen LogP contribution < -0.4 is 5.32 Å². The first-order chi connectivity index (χ1) is 6.13. The molecule has 3 nitrogen and oxygen atoms in total. The topological polar surface area (TPSA) is 24.5 Å². The van der Waals surface area contributed by atoms with E-state index in [0.717, 1.165) is 26.1 Å². The molecule has 1 heterocycles. The quantitative estimate of drug-likeness (QED) is 0.699. The fourth-order valence-corrected chi connectivity index (χ4v) is 2.02. The summed E-state index contributed by atoms with van der Waals surface area (Å²) in [4.78, 5) is 2.47. The first kappa shape index (κ1) is 11.0. The predicted molar refractivity (Wildman–Crippen MR) is 55.0 cm³/mol. The number of hydrogen-bond acceptors (Lipinski definition) is 3. The Morgan fingerprint density at radius 2 is 2.23 bits per heavy atom. The molecule has 13 heavy (non-hydrogen) atoms. The molecule has 1 N–H and O–H groups in total. The summed E-state index contributed by atoms with van der Waals surface area (Å²) in [5.41, 5.74) is 0.0546. The third-order valence-electron chi connectivity index (χ3n) is 3.01. The van der Waals surface area contributed by atoms with Crippen LogP contribution in [0, 0.1) is 0 Å². The van der Waals surface area contributed by atoms with E-state index in [4.69, 9.17) is 4.74 Å². The summed E-state index contributed by atoms with van der Waals surface area (Å²) in [6.45, 7) is 7.65. The van der Waals surface area contributed by atoms with Crippen LogP contribution in [0.15, 0.2) is 0 Å².